The topological polar surface area (TPSA) is 57.4 Å². The summed E-state index contributed by atoms with van der Waals surface area (Å²) in [5, 5.41) is 23.6. The summed E-state index contributed by atoms with van der Waals surface area (Å²) >= 11 is 0. The van der Waals surface area contributed by atoms with E-state index in [9.17, 15) is 10.2 Å². The van der Waals surface area contributed by atoms with Gasteiger partial charge in [0.25, 0.3) is 0 Å². The number of nitrogens with zero attached hydrogens (tertiary/aromatic N) is 1. The molecule has 2 heterocycles. The van der Waals surface area contributed by atoms with E-state index in [0.29, 0.717) is 11.8 Å². The largest absolute Gasteiger partial charge is 0.494 e. The third kappa shape index (κ3) is 1.99. The maximum Gasteiger partial charge on any atom is 0.197 e. The van der Waals surface area contributed by atoms with Crippen LogP contribution in [0.25, 0.3) is 0 Å². The summed E-state index contributed by atoms with van der Waals surface area (Å²) < 4.78 is 1.70. The normalized spacial score (nSPS) is 22.6. The molecule has 1 saturated heterocycles. The fourth-order valence-corrected chi connectivity index (χ4v) is 3.37. The standard InChI is InChI=1S/C14H22N2O2/c17-13-11-4-1-5-12(11)14(18)16(13)8-2-3-10-6-7-15-9-10/h10,15,17-18H,1-9H2. The molecule has 18 heavy (non-hydrogen) atoms. The minimum atomic E-state index is 0.310. The van der Waals surface area contributed by atoms with Crippen molar-refractivity contribution in [1.29, 1.82) is 0 Å². The van der Waals surface area contributed by atoms with Crippen LogP contribution < -0.4 is 5.32 Å². The lowest BCUT2D eigenvalue weighted by atomic mass is 10.0. The minimum absolute atomic E-state index is 0.310. The summed E-state index contributed by atoms with van der Waals surface area (Å²) in [6, 6.07) is 0. The Balaban J connectivity index is 1.62. The van der Waals surface area contributed by atoms with E-state index in [4.69, 9.17) is 0 Å². The van der Waals surface area contributed by atoms with Crippen molar-refractivity contribution in [3.63, 3.8) is 0 Å². The van der Waals surface area contributed by atoms with Crippen LogP contribution in [0.4, 0.5) is 0 Å². The predicted octanol–water partition coefficient (Wildman–Crippen LogP) is 1.78. The lowest BCUT2D eigenvalue weighted by molar-refractivity contribution is 0.351. The SMILES string of the molecule is Oc1c2c(c(O)n1CCCC1CCNC1)CCC2. The molecule has 100 valence electrons. The van der Waals surface area contributed by atoms with Crippen molar-refractivity contribution in [1.82, 2.24) is 9.88 Å². The predicted molar refractivity (Wildman–Crippen MR) is 70.0 cm³/mol. The van der Waals surface area contributed by atoms with Gasteiger partial charge in [-0.2, -0.15) is 0 Å². The molecule has 0 spiro atoms. The number of aromatic hydroxyl groups is 2. The monoisotopic (exact) mass is 250 g/mol. The number of hydrogen-bond donors (Lipinski definition) is 3. The van der Waals surface area contributed by atoms with Gasteiger partial charge < -0.3 is 15.5 Å². The van der Waals surface area contributed by atoms with Gasteiger partial charge in [-0.1, -0.05) is 0 Å². The van der Waals surface area contributed by atoms with Gasteiger partial charge in [0, 0.05) is 17.7 Å². The first-order valence-corrected chi connectivity index (χ1v) is 7.10. The molecule has 0 amide bonds. The third-order valence-corrected chi connectivity index (χ3v) is 4.43. The second-order valence-corrected chi connectivity index (χ2v) is 5.61. The van der Waals surface area contributed by atoms with Crippen molar-refractivity contribution >= 4 is 0 Å². The Hall–Kier alpha value is -1.16. The maximum absolute atomic E-state index is 10.1. The Morgan fingerprint density at radius 3 is 2.50 bits per heavy atom. The van der Waals surface area contributed by atoms with Crippen LogP contribution in [-0.4, -0.2) is 27.9 Å². The highest BCUT2D eigenvalue weighted by atomic mass is 16.3. The zero-order valence-corrected chi connectivity index (χ0v) is 10.8. The molecule has 1 fully saturated rings. The van der Waals surface area contributed by atoms with Crippen LogP contribution in [-0.2, 0) is 19.4 Å². The molecule has 1 aliphatic heterocycles. The zero-order chi connectivity index (χ0) is 12.5. The lowest BCUT2D eigenvalue weighted by Gasteiger charge is -2.11. The van der Waals surface area contributed by atoms with E-state index < -0.39 is 0 Å². The summed E-state index contributed by atoms with van der Waals surface area (Å²) in [4.78, 5) is 0. The molecular weight excluding hydrogens is 228 g/mol. The van der Waals surface area contributed by atoms with E-state index in [-0.39, 0.29) is 0 Å². The van der Waals surface area contributed by atoms with Crippen LogP contribution in [0, 0.1) is 5.92 Å². The van der Waals surface area contributed by atoms with Gasteiger partial charge in [-0.3, -0.25) is 4.57 Å². The molecule has 0 bridgehead atoms. The van der Waals surface area contributed by atoms with Crippen LogP contribution in [0.15, 0.2) is 0 Å². The molecule has 1 aliphatic carbocycles. The summed E-state index contributed by atoms with van der Waals surface area (Å²) in [6.07, 6.45) is 6.35. The molecule has 0 radical (unpaired) electrons. The van der Waals surface area contributed by atoms with Gasteiger partial charge in [-0.05, 0) is 57.5 Å². The van der Waals surface area contributed by atoms with Gasteiger partial charge in [-0.25, -0.2) is 0 Å². The van der Waals surface area contributed by atoms with Crippen molar-refractivity contribution in [2.24, 2.45) is 5.92 Å². The number of fused-ring (bicyclic) bond motifs is 1. The van der Waals surface area contributed by atoms with Crippen molar-refractivity contribution < 1.29 is 10.2 Å². The molecule has 2 aliphatic rings. The summed E-state index contributed by atoms with van der Waals surface area (Å²) in [6.45, 7) is 3.00. The fraction of sp³-hybridized carbons (Fsp3) is 0.714. The molecule has 3 N–H and O–H groups in total. The van der Waals surface area contributed by atoms with Crippen molar-refractivity contribution in [3.05, 3.63) is 11.1 Å². The average molecular weight is 250 g/mol. The van der Waals surface area contributed by atoms with Crippen LogP contribution in [0.1, 0.15) is 36.8 Å². The van der Waals surface area contributed by atoms with Gasteiger partial charge in [0.15, 0.2) is 11.8 Å². The molecule has 1 unspecified atom stereocenters. The van der Waals surface area contributed by atoms with Gasteiger partial charge in [0.2, 0.25) is 0 Å². The molecule has 1 aromatic heterocycles. The van der Waals surface area contributed by atoms with E-state index in [0.717, 1.165) is 62.4 Å². The molecule has 3 rings (SSSR count). The van der Waals surface area contributed by atoms with Crippen LogP contribution >= 0.6 is 0 Å². The number of aromatic nitrogens is 1. The quantitative estimate of drug-likeness (QED) is 0.763. The van der Waals surface area contributed by atoms with Crippen LogP contribution in [0.3, 0.4) is 0 Å². The first-order valence-electron chi connectivity index (χ1n) is 7.10. The van der Waals surface area contributed by atoms with Gasteiger partial charge in [-0.15, -0.1) is 0 Å². The number of nitrogens with one attached hydrogen (secondary N) is 1. The minimum Gasteiger partial charge on any atom is -0.494 e. The highest BCUT2D eigenvalue weighted by Crippen LogP contribution is 2.39. The molecule has 4 heteroatoms. The molecular formula is C14H22N2O2. The second kappa shape index (κ2) is 4.84. The average Bonchev–Trinajstić information content (AvgIpc) is 3.06. The van der Waals surface area contributed by atoms with E-state index >= 15 is 0 Å². The highest BCUT2D eigenvalue weighted by molar-refractivity contribution is 5.47. The Labute approximate surface area is 108 Å². The fourth-order valence-electron chi connectivity index (χ4n) is 3.37. The third-order valence-electron chi connectivity index (χ3n) is 4.43. The molecule has 0 aromatic carbocycles. The van der Waals surface area contributed by atoms with E-state index in [1.54, 1.807) is 4.57 Å². The Kier molecular flexibility index (Phi) is 3.20. The Bertz CT molecular complexity index is 406. The molecule has 1 atom stereocenters. The Morgan fingerprint density at radius 2 is 1.89 bits per heavy atom. The second-order valence-electron chi connectivity index (χ2n) is 5.61. The van der Waals surface area contributed by atoms with Gasteiger partial charge in [0.05, 0.1) is 0 Å². The highest BCUT2D eigenvalue weighted by Gasteiger charge is 2.25. The zero-order valence-electron chi connectivity index (χ0n) is 10.8. The molecule has 4 nitrogen and oxygen atoms in total. The number of rotatable bonds is 4. The smallest absolute Gasteiger partial charge is 0.197 e. The van der Waals surface area contributed by atoms with Crippen molar-refractivity contribution in [2.45, 2.75) is 45.1 Å². The first-order chi connectivity index (χ1) is 8.77. The lowest BCUT2D eigenvalue weighted by Crippen LogP contribution is -2.09. The molecule has 1 aromatic rings. The number of hydrogen-bond acceptors (Lipinski definition) is 3. The van der Waals surface area contributed by atoms with E-state index in [1.165, 1.54) is 12.8 Å². The van der Waals surface area contributed by atoms with Gasteiger partial charge >= 0.3 is 0 Å². The summed E-state index contributed by atoms with van der Waals surface area (Å²) in [7, 11) is 0. The molecule has 0 saturated carbocycles. The first kappa shape index (κ1) is 11.9. The van der Waals surface area contributed by atoms with E-state index in [2.05, 4.69) is 5.32 Å². The Morgan fingerprint density at radius 1 is 1.17 bits per heavy atom. The van der Waals surface area contributed by atoms with Crippen LogP contribution in [0.2, 0.25) is 0 Å². The summed E-state index contributed by atoms with van der Waals surface area (Å²) in [5.74, 6) is 1.39. The van der Waals surface area contributed by atoms with Crippen LogP contribution in [0.5, 0.6) is 11.8 Å². The van der Waals surface area contributed by atoms with Crippen molar-refractivity contribution in [2.75, 3.05) is 13.1 Å². The summed E-state index contributed by atoms with van der Waals surface area (Å²) in [5.41, 5.74) is 1.96. The van der Waals surface area contributed by atoms with Crippen molar-refractivity contribution in [3.8, 4) is 11.8 Å². The van der Waals surface area contributed by atoms with E-state index in [1.807, 2.05) is 0 Å². The maximum atomic E-state index is 10.1. The van der Waals surface area contributed by atoms with Gasteiger partial charge in [0.1, 0.15) is 0 Å².